The maximum absolute atomic E-state index is 11.7. The molecule has 1 fully saturated rings. The molecule has 18 heavy (non-hydrogen) atoms. The summed E-state index contributed by atoms with van der Waals surface area (Å²) in [4.78, 5) is 28.8. The highest BCUT2D eigenvalue weighted by atomic mass is 16.2. The monoisotopic (exact) mass is 256 g/mol. The van der Waals surface area contributed by atoms with Crippen molar-refractivity contribution in [2.45, 2.75) is 6.92 Å². The van der Waals surface area contributed by atoms with Crippen LogP contribution in [0.25, 0.3) is 0 Å². The number of nitrogens with one attached hydrogen (secondary N) is 1. The lowest BCUT2D eigenvalue weighted by molar-refractivity contribution is -0.131. The van der Waals surface area contributed by atoms with Crippen LogP contribution in [0.3, 0.4) is 0 Å². The second kappa shape index (κ2) is 7.33. The number of carbonyl (C=O) groups is 2. The van der Waals surface area contributed by atoms with E-state index in [9.17, 15) is 9.59 Å². The summed E-state index contributed by atoms with van der Waals surface area (Å²) in [5.41, 5.74) is 0. The minimum Gasteiger partial charge on any atom is -0.354 e. The Balaban J connectivity index is 2.16. The van der Waals surface area contributed by atoms with E-state index in [2.05, 4.69) is 10.2 Å². The Morgan fingerprint density at radius 3 is 2.28 bits per heavy atom. The van der Waals surface area contributed by atoms with Crippen LogP contribution in [0, 0.1) is 0 Å². The van der Waals surface area contributed by atoms with Crippen molar-refractivity contribution in [3.05, 3.63) is 0 Å². The summed E-state index contributed by atoms with van der Waals surface area (Å²) in [7, 11) is 3.96. The first-order chi connectivity index (χ1) is 8.49. The topological polar surface area (TPSA) is 55.9 Å². The van der Waals surface area contributed by atoms with Gasteiger partial charge in [0, 0.05) is 46.2 Å². The van der Waals surface area contributed by atoms with Gasteiger partial charge in [-0.25, -0.2) is 0 Å². The molecule has 104 valence electrons. The Morgan fingerprint density at radius 1 is 1.17 bits per heavy atom. The molecule has 1 rings (SSSR count). The molecule has 0 radical (unpaired) electrons. The van der Waals surface area contributed by atoms with Gasteiger partial charge in [-0.1, -0.05) is 0 Å². The summed E-state index contributed by atoms with van der Waals surface area (Å²) in [5.74, 6) is 0.179. The minimum atomic E-state index is 0.0631. The first kappa shape index (κ1) is 14.9. The molecule has 1 aliphatic heterocycles. The molecule has 1 aliphatic rings. The predicted octanol–water partition coefficient (Wildman–Crippen LogP) is -1.17. The lowest BCUT2D eigenvalue weighted by atomic mass is 10.3. The molecule has 6 heteroatoms. The molecule has 0 aromatic heterocycles. The molecule has 0 aliphatic carbocycles. The number of piperazine rings is 1. The van der Waals surface area contributed by atoms with Crippen molar-refractivity contribution in [3.63, 3.8) is 0 Å². The molecule has 0 unspecified atom stereocenters. The first-order valence-corrected chi connectivity index (χ1v) is 6.38. The maximum Gasteiger partial charge on any atom is 0.234 e. The van der Waals surface area contributed by atoms with E-state index in [1.807, 2.05) is 23.9 Å². The Morgan fingerprint density at radius 2 is 1.78 bits per heavy atom. The quantitative estimate of drug-likeness (QED) is 0.673. The van der Waals surface area contributed by atoms with E-state index in [1.165, 1.54) is 0 Å². The van der Waals surface area contributed by atoms with Crippen LogP contribution in [0.15, 0.2) is 0 Å². The number of hydrogen-bond acceptors (Lipinski definition) is 4. The van der Waals surface area contributed by atoms with Crippen molar-refractivity contribution in [2.24, 2.45) is 0 Å². The Bertz CT molecular complexity index is 286. The fourth-order valence-corrected chi connectivity index (χ4v) is 1.90. The summed E-state index contributed by atoms with van der Waals surface area (Å²) < 4.78 is 0. The largest absolute Gasteiger partial charge is 0.354 e. The van der Waals surface area contributed by atoms with E-state index in [-0.39, 0.29) is 11.8 Å². The Hall–Kier alpha value is -1.14. The molecule has 6 nitrogen and oxygen atoms in total. The van der Waals surface area contributed by atoms with Gasteiger partial charge in [-0.15, -0.1) is 0 Å². The molecule has 1 heterocycles. The fraction of sp³-hybridized carbons (Fsp3) is 0.833. The molecule has 2 amide bonds. The third kappa shape index (κ3) is 5.46. The van der Waals surface area contributed by atoms with Crippen LogP contribution in [0.4, 0.5) is 0 Å². The van der Waals surface area contributed by atoms with E-state index in [0.717, 1.165) is 32.7 Å². The third-order valence-corrected chi connectivity index (χ3v) is 3.07. The Labute approximate surface area is 109 Å². The van der Waals surface area contributed by atoms with Crippen LogP contribution in [-0.4, -0.2) is 86.4 Å². The zero-order valence-electron chi connectivity index (χ0n) is 11.6. The SMILES string of the molecule is CC(=O)N1CCN(CC(=O)NCCN(C)C)CC1. The van der Waals surface area contributed by atoms with Crippen molar-refractivity contribution in [1.82, 2.24) is 20.0 Å². The van der Waals surface area contributed by atoms with Gasteiger partial charge in [0.05, 0.1) is 6.54 Å². The average Bonchev–Trinajstić information content (AvgIpc) is 2.29. The van der Waals surface area contributed by atoms with Gasteiger partial charge in [0.25, 0.3) is 0 Å². The summed E-state index contributed by atoms with van der Waals surface area (Å²) in [5, 5.41) is 2.89. The summed E-state index contributed by atoms with van der Waals surface area (Å²) >= 11 is 0. The number of amides is 2. The van der Waals surface area contributed by atoms with Crippen molar-refractivity contribution < 1.29 is 9.59 Å². The molecule has 0 spiro atoms. The van der Waals surface area contributed by atoms with Gasteiger partial charge in [-0.2, -0.15) is 0 Å². The second-order valence-electron chi connectivity index (χ2n) is 4.94. The number of likely N-dealkylation sites (N-methyl/N-ethyl adjacent to an activating group) is 1. The van der Waals surface area contributed by atoms with Gasteiger partial charge in [0.2, 0.25) is 11.8 Å². The zero-order chi connectivity index (χ0) is 13.5. The van der Waals surface area contributed by atoms with Crippen molar-refractivity contribution in [3.8, 4) is 0 Å². The molecule has 0 saturated carbocycles. The van der Waals surface area contributed by atoms with E-state index in [0.29, 0.717) is 13.1 Å². The second-order valence-corrected chi connectivity index (χ2v) is 4.94. The van der Waals surface area contributed by atoms with Crippen LogP contribution >= 0.6 is 0 Å². The standard InChI is InChI=1S/C12H24N4O2/c1-11(17)16-8-6-15(7-9-16)10-12(18)13-4-5-14(2)3/h4-10H2,1-3H3,(H,13,18). The number of rotatable bonds is 5. The van der Waals surface area contributed by atoms with Gasteiger partial charge < -0.3 is 15.1 Å². The average molecular weight is 256 g/mol. The molecule has 1 saturated heterocycles. The summed E-state index contributed by atoms with van der Waals surface area (Å²) in [6.07, 6.45) is 0. The molecule has 0 bridgehead atoms. The van der Waals surface area contributed by atoms with E-state index < -0.39 is 0 Å². The Kier molecular flexibility index (Phi) is 6.07. The number of hydrogen-bond donors (Lipinski definition) is 1. The van der Waals surface area contributed by atoms with Crippen LogP contribution in [-0.2, 0) is 9.59 Å². The number of carbonyl (C=O) groups excluding carboxylic acids is 2. The maximum atomic E-state index is 11.7. The highest BCUT2D eigenvalue weighted by Crippen LogP contribution is 2.01. The third-order valence-electron chi connectivity index (χ3n) is 3.07. The zero-order valence-corrected chi connectivity index (χ0v) is 11.6. The highest BCUT2D eigenvalue weighted by Gasteiger charge is 2.19. The molecule has 0 atom stereocenters. The van der Waals surface area contributed by atoms with Crippen molar-refractivity contribution >= 4 is 11.8 Å². The summed E-state index contributed by atoms with van der Waals surface area (Å²) in [6.45, 7) is 6.55. The lowest BCUT2D eigenvalue weighted by Crippen LogP contribution is -2.50. The first-order valence-electron chi connectivity index (χ1n) is 6.38. The van der Waals surface area contributed by atoms with Crippen LogP contribution < -0.4 is 5.32 Å². The normalized spacial score (nSPS) is 17.0. The highest BCUT2D eigenvalue weighted by molar-refractivity contribution is 5.78. The number of nitrogens with zero attached hydrogens (tertiary/aromatic N) is 3. The van der Waals surface area contributed by atoms with Crippen molar-refractivity contribution in [2.75, 3.05) is 59.9 Å². The minimum absolute atomic E-state index is 0.0631. The van der Waals surface area contributed by atoms with Gasteiger partial charge in [0.15, 0.2) is 0 Å². The van der Waals surface area contributed by atoms with Gasteiger partial charge in [-0.05, 0) is 14.1 Å². The van der Waals surface area contributed by atoms with Crippen molar-refractivity contribution in [1.29, 1.82) is 0 Å². The fourth-order valence-electron chi connectivity index (χ4n) is 1.90. The smallest absolute Gasteiger partial charge is 0.234 e. The van der Waals surface area contributed by atoms with Gasteiger partial charge >= 0.3 is 0 Å². The van der Waals surface area contributed by atoms with E-state index in [4.69, 9.17) is 0 Å². The molecule has 1 N–H and O–H groups in total. The molecule has 0 aromatic rings. The molecular formula is C12H24N4O2. The van der Waals surface area contributed by atoms with E-state index in [1.54, 1.807) is 6.92 Å². The van der Waals surface area contributed by atoms with Crippen LogP contribution in [0.2, 0.25) is 0 Å². The molecule has 0 aromatic carbocycles. The van der Waals surface area contributed by atoms with E-state index >= 15 is 0 Å². The molecular weight excluding hydrogens is 232 g/mol. The predicted molar refractivity (Wildman–Crippen MR) is 70.3 cm³/mol. The van der Waals surface area contributed by atoms with Crippen LogP contribution in [0.1, 0.15) is 6.92 Å². The van der Waals surface area contributed by atoms with Crippen LogP contribution in [0.5, 0.6) is 0 Å². The lowest BCUT2D eigenvalue weighted by Gasteiger charge is -2.33. The summed E-state index contributed by atoms with van der Waals surface area (Å²) in [6, 6.07) is 0. The van der Waals surface area contributed by atoms with Gasteiger partial charge in [0.1, 0.15) is 0 Å². The van der Waals surface area contributed by atoms with Gasteiger partial charge in [-0.3, -0.25) is 14.5 Å².